The third-order valence-electron chi connectivity index (χ3n) is 3.01. The highest BCUT2D eigenvalue weighted by atomic mass is 35.5. The van der Waals surface area contributed by atoms with Gasteiger partial charge in [0.1, 0.15) is 24.2 Å². The van der Waals surface area contributed by atoms with Crippen LogP contribution in [0.5, 0.6) is 0 Å². The molecule has 0 spiro atoms. The van der Waals surface area contributed by atoms with Gasteiger partial charge in [-0.2, -0.15) is 0 Å². The van der Waals surface area contributed by atoms with Crippen molar-refractivity contribution in [1.82, 2.24) is 19.5 Å². The molecule has 1 aliphatic rings. The Hall–Kier alpha value is -1.28. The molecule has 8 heteroatoms. The van der Waals surface area contributed by atoms with Crippen LogP contribution in [0.25, 0.3) is 11.2 Å². The molecule has 3 heterocycles. The number of imidazole rings is 1. The lowest BCUT2D eigenvalue weighted by atomic mass is 10.2. The molecule has 2 aromatic rings. The largest absolute Gasteiger partial charge is 0.394 e. The molecule has 1 saturated heterocycles. The fourth-order valence-corrected chi connectivity index (χ4v) is 2.26. The van der Waals surface area contributed by atoms with Gasteiger partial charge in [-0.05, 0) is 0 Å². The van der Waals surface area contributed by atoms with Crippen LogP contribution in [0.3, 0.4) is 0 Å². The Morgan fingerprint density at radius 1 is 1.44 bits per heavy atom. The Kier molecular flexibility index (Phi) is 2.90. The van der Waals surface area contributed by atoms with Crippen molar-refractivity contribution in [3.8, 4) is 0 Å². The smallest absolute Gasteiger partial charge is 0.166 e. The molecule has 0 aliphatic carbocycles. The van der Waals surface area contributed by atoms with Crippen LogP contribution in [0.2, 0.25) is 5.15 Å². The summed E-state index contributed by atoms with van der Waals surface area (Å²) in [6.45, 7) is -0.222. The molecule has 0 bridgehead atoms. The SMILES string of the molecule is OCC1O[C@@H](n2cnc3c(Cl)ncnc32)CC1O. The fraction of sp³-hybridized carbons (Fsp3) is 0.500. The number of aromatic nitrogens is 4. The van der Waals surface area contributed by atoms with Crippen LogP contribution in [0.15, 0.2) is 12.7 Å². The maximum Gasteiger partial charge on any atom is 0.166 e. The summed E-state index contributed by atoms with van der Waals surface area (Å²) in [4.78, 5) is 12.1. The molecule has 2 N–H and O–H groups in total. The normalized spacial score (nSPS) is 28.1. The van der Waals surface area contributed by atoms with Crippen LogP contribution in [0.1, 0.15) is 12.6 Å². The highest BCUT2D eigenvalue weighted by molar-refractivity contribution is 6.33. The van der Waals surface area contributed by atoms with Crippen molar-refractivity contribution in [3.05, 3.63) is 17.8 Å². The van der Waals surface area contributed by atoms with E-state index in [-0.39, 0.29) is 11.8 Å². The first kappa shape index (κ1) is 11.8. The molecule has 0 aromatic carbocycles. The zero-order chi connectivity index (χ0) is 12.7. The van der Waals surface area contributed by atoms with Gasteiger partial charge in [-0.1, -0.05) is 11.6 Å². The van der Waals surface area contributed by atoms with Gasteiger partial charge in [-0.25, -0.2) is 15.0 Å². The van der Waals surface area contributed by atoms with E-state index in [1.807, 2.05) is 0 Å². The summed E-state index contributed by atoms with van der Waals surface area (Å²) >= 11 is 5.90. The number of hydrogen-bond acceptors (Lipinski definition) is 6. The predicted molar refractivity (Wildman–Crippen MR) is 62.0 cm³/mol. The van der Waals surface area contributed by atoms with Crippen molar-refractivity contribution in [2.24, 2.45) is 0 Å². The number of ether oxygens (including phenoxy) is 1. The van der Waals surface area contributed by atoms with E-state index in [4.69, 9.17) is 21.4 Å². The number of aliphatic hydroxyl groups excluding tert-OH is 2. The van der Waals surface area contributed by atoms with Crippen molar-refractivity contribution in [1.29, 1.82) is 0 Å². The first-order chi connectivity index (χ1) is 8.70. The Balaban J connectivity index is 1.99. The molecule has 3 rings (SSSR count). The standard InChI is InChI=1S/C10H11ClN4O3/c11-9-8-10(13-3-12-9)15(4-14-8)7-1-5(17)6(2-16)18-7/h3-7,16-17H,1-2H2/t5?,6?,7-/m1/s1. The molecule has 1 fully saturated rings. The number of halogens is 1. The zero-order valence-corrected chi connectivity index (χ0v) is 10.0. The minimum Gasteiger partial charge on any atom is -0.394 e. The van der Waals surface area contributed by atoms with E-state index in [9.17, 15) is 5.11 Å². The molecule has 0 amide bonds. The monoisotopic (exact) mass is 270 g/mol. The third-order valence-corrected chi connectivity index (χ3v) is 3.29. The summed E-state index contributed by atoms with van der Waals surface area (Å²) in [5, 5.41) is 19.0. The van der Waals surface area contributed by atoms with Crippen molar-refractivity contribution in [3.63, 3.8) is 0 Å². The van der Waals surface area contributed by atoms with Crippen molar-refractivity contribution >= 4 is 22.8 Å². The minimum atomic E-state index is -0.699. The van der Waals surface area contributed by atoms with E-state index in [1.54, 1.807) is 10.9 Å². The van der Waals surface area contributed by atoms with E-state index >= 15 is 0 Å². The van der Waals surface area contributed by atoms with Gasteiger partial charge in [0.05, 0.1) is 19.0 Å². The Morgan fingerprint density at radius 2 is 2.28 bits per heavy atom. The minimum absolute atomic E-state index is 0.222. The fourth-order valence-electron chi connectivity index (χ4n) is 2.08. The maximum absolute atomic E-state index is 9.71. The Morgan fingerprint density at radius 3 is 3.00 bits per heavy atom. The first-order valence-corrected chi connectivity index (χ1v) is 5.86. The molecule has 0 radical (unpaired) electrons. The average molecular weight is 271 g/mol. The molecule has 18 heavy (non-hydrogen) atoms. The molecule has 0 saturated carbocycles. The van der Waals surface area contributed by atoms with Crippen molar-refractivity contribution in [2.45, 2.75) is 24.9 Å². The van der Waals surface area contributed by atoms with Crippen LogP contribution in [-0.4, -0.2) is 48.5 Å². The molecular formula is C10H11ClN4O3. The van der Waals surface area contributed by atoms with Crippen LogP contribution in [-0.2, 0) is 4.74 Å². The van der Waals surface area contributed by atoms with E-state index in [2.05, 4.69) is 15.0 Å². The van der Waals surface area contributed by atoms with Crippen molar-refractivity contribution in [2.75, 3.05) is 6.61 Å². The van der Waals surface area contributed by atoms with Gasteiger partial charge in [-0.3, -0.25) is 4.57 Å². The van der Waals surface area contributed by atoms with Crippen molar-refractivity contribution < 1.29 is 14.9 Å². The van der Waals surface area contributed by atoms with Gasteiger partial charge in [0, 0.05) is 6.42 Å². The Labute approximate surface area is 107 Å². The van der Waals surface area contributed by atoms with Gasteiger partial charge < -0.3 is 14.9 Å². The summed E-state index contributed by atoms with van der Waals surface area (Å²) < 4.78 is 7.22. The summed E-state index contributed by atoms with van der Waals surface area (Å²) in [7, 11) is 0. The summed E-state index contributed by atoms with van der Waals surface area (Å²) in [6.07, 6.45) is 1.57. The second-order valence-corrected chi connectivity index (χ2v) is 4.46. The highest BCUT2D eigenvalue weighted by Crippen LogP contribution is 2.31. The molecule has 2 unspecified atom stereocenters. The van der Waals surface area contributed by atoms with E-state index in [0.29, 0.717) is 17.6 Å². The number of aliphatic hydroxyl groups is 2. The van der Waals surface area contributed by atoms with Crippen LogP contribution >= 0.6 is 11.6 Å². The lowest BCUT2D eigenvalue weighted by Crippen LogP contribution is -2.24. The van der Waals surface area contributed by atoms with Gasteiger partial charge in [0.15, 0.2) is 10.8 Å². The molecule has 3 atom stereocenters. The van der Waals surface area contributed by atoms with Gasteiger partial charge in [-0.15, -0.1) is 0 Å². The summed E-state index contributed by atoms with van der Waals surface area (Å²) in [6, 6.07) is 0. The van der Waals surface area contributed by atoms with Crippen LogP contribution in [0, 0.1) is 0 Å². The van der Waals surface area contributed by atoms with Gasteiger partial charge >= 0.3 is 0 Å². The summed E-state index contributed by atoms with van der Waals surface area (Å²) in [5.41, 5.74) is 1.04. The van der Waals surface area contributed by atoms with Crippen LogP contribution in [0.4, 0.5) is 0 Å². The first-order valence-electron chi connectivity index (χ1n) is 5.48. The maximum atomic E-state index is 9.71. The van der Waals surface area contributed by atoms with E-state index < -0.39 is 18.4 Å². The van der Waals surface area contributed by atoms with Gasteiger partial charge in [0.2, 0.25) is 0 Å². The quantitative estimate of drug-likeness (QED) is 0.753. The topological polar surface area (TPSA) is 93.3 Å². The average Bonchev–Trinajstić information content (AvgIpc) is 2.93. The molecule has 2 aromatic heterocycles. The molecule has 1 aliphatic heterocycles. The number of fused-ring (bicyclic) bond motifs is 1. The highest BCUT2D eigenvalue weighted by Gasteiger charge is 2.35. The lowest BCUT2D eigenvalue weighted by Gasteiger charge is -2.13. The zero-order valence-electron chi connectivity index (χ0n) is 9.27. The number of hydrogen-bond donors (Lipinski definition) is 2. The van der Waals surface area contributed by atoms with E-state index in [0.717, 1.165) is 0 Å². The molecular weight excluding hydrogens is 260 g/mol. The number of rotatable bonds is 2. The Bertz CT molecular complexity index is 575. The van der Waals surface area contributed by atoms with E-state index in [1.165, 1.54) is 6.33 Å². The van der Waals surface area contributed by atoms with Gasteiger partial charge in [0.25, 0.3) is 0 Å². The molecule has 96 valence electrons. The predicted octanol–water partition coefficient (Wildman–Crippen LogP) is 0.120. The third kappa shape index (κ3) is 1.76. The second kappa shape index (κ2) is 4.43. The molecule has 7 nitrogen and oxygen atoms in total. The lowest BCUT2D eigenvalue weighted by molar-refractivity contribution is -0.0432. The number of nitrogens with zero attached hydrogens (tertiary/aromatic N) is 4. The second-order valence-electron chi connectivity index (χ2n) is 4.10. The summed E-state index contributed by atoms with van der Waals surface area (Å²) in [5.74, 6) is 0. The van der Waals surface area contributed by atoms with Crippen LogP contribution < -0.4 is 0 Å².